The lowest BCUT2D eigenvalue weighted by molar-refractivity contribution is 0.527. The number of hydrogen-bond donors (Lipinski definition) is 1. The number of hydrogen-bond acceptors (Lipinski definition) is 5. The SMILES string of the molecule is O=c1[nH]nc(-c2cccc3nccnc23)o1. The molecule has 0 aliphatic rings. The molecule has 2 aromatic heterocycles. The van der Waals surface area contributed by atoms with Gasteiger partial charge >= 0.3 is 5.76 Å². The molecule has 0 aliphatic carbocycles. The van der Waals surface area contributed by atoms with E-state index in [1.54, 1.807) is 24.5 Å². The molecule has 1 N–H and O–H groups in total. The van der Waals surface area contributed by atoms with Crippen LogP contribution in [0.3, 0.4) is 0 Å². The fraction of sp³-hybridized carbons (Fsp3) is 0. The van der Waals surface area contributed by atoms with Crippen LogP contribution in [0.5, 0.6) is 0 Å². The molecule has 0 amide bonds. The van der Waals surface area contributed by atoms with E-state index in [9.17, 15) is 4.79 Å². The standard InChI is InChI=1S/C10H6N4O2/c15-10-14-13-9(16-10)6-2-1-3-7-8(6)12-5-4-11-7/h1-5H,(H,14,15). The lowest BCUT2D eigenvalue weighted by atomic mass is 10.2. The van der Waals surface area contributed by atoms with E-state index in [1.165, 1.54) is 0 Å². The van der Waals surface area contributed by atoms with Gasteiger partial charge < -0.3 is 4.42 Å². The Balaban J connectivity index is 2.35. The molecule has 0 unspecified atom stereocenters. The maximum Gasteiger partial charge on any atom is 0.434 e. The monoisotopic (exact) mass is 214 g/mol. The van der Waals surface area contributed by atoms with Gasteiger partial charge in [-0.1, -0.05) is 6.07 Å². The molecule has 2 heterocycles. The van der Waals surface area contributed by atoms with Crippen molar-refractivity contribution in [3.8, 4) is 11.5 Å². The summed E-state index contributed by atoms with van der Waals surface area (Å²) in [6.07, 6.45) is 3.18. The minimum absolute atomic E-state index is 0.219. The summed E-state index contributed by atoms with van der Waals surface area (Å²) in [5.74, 6) is -0.369. The summed E-state index contributed by atoms with van der Waals surface area (Å²) >= 11 is 0. The summed E-state index contributed by atoms with van der Waals surface area (Å²) in [6, 6.07) is 5.41. The predicted octanol–water partition coefficient (Wildman–Crippen LogP) is 0.973. The Labute approximate surface area is 89.0 Å². The molecule has 0 atom stereocenters. The highest BCUT2D eigenvalue weighted by molar-refractivity contribution is 5.88. The number of rotatable bonds is 1. The number of aromatic nitrogens is 4. The molecule has 0 saturated heterocycles. The maximum absolute atomic E-state index is 10.9. The first-order chi connectivity index (χ1) is 7.84. The van der Waals surface area contributed by atoms with Gasteiger partial charge in [-0.2, -0.15) is 0 Å². The molecule has 6 heteroatoms. The summed E-state index contributed by atoms with van der Waals surface area (Å²) in [4.78, 5) is 19.2. The molecule has 78 valence electrons. The molecule has 3 rings (SSSR count). The van der Waals surface area contributed by atoms with Gasteiger partial charge in [-0.05, 0) is 12.1 Å². The van der Waals surface area contributed by atoms with Crippen molar-refractivity contribution in [2.45, 2.75) is 0 Å². The van der Waals surface area contributed by atoms with Crippen molar-refractivity contribution in [2.75, 3.05) is 0 Å². The molecule has 16 heavy (non-hydrogen) atoms. The third-order valence-corrected chi connectivity index (χ3v) is 2.17. The maximum atomic E-state index is 10.9. The van der Waals surface area contributed by atoms with E-state index in [0.29, 0.717) is 11.1 Å². The van der Waals surface area contributed by atoms with Gasteiger partial charge in [0.1, 0.15) is 5.52 Å². The van der Waals surface area contributed by atoms with Gasteiger partial charge in [0.25, 0.3) is 5.89 Å². The van der Waals surface area contributed by atoms with Crippen LogP contribution < -0.4 is 5.76 Å². The summed E-state index contributed by atoms with van der Waals surface area (Å²) in [5, 5.41) is 5.98. The van der Waals surface area contributed by atoms with Crippen LogP contribution in [0, 0.1) is 0 Å². The molecule has 6 nitrogen and oxygen atoms in total. The van der Waals surface area contributed by atoms with Crippen molar-refractivity contribution in [3.05, 3.63) is 41.1 Å². The van der Waals surface area contributed by atoms with Crippen LogP contribution in [0.15, 0.2) is 39.8 Å². The van der Waals surface area contributed by atoms with Crippen molar-refractivity contribution in [2.24, 2.45) is 0 Å². The first kappa shape index (κ1) is 8.78. The van der Waals surface area contributed by atoms with Crippen LogP contribution in [-0.2, 0) is 0 Å². The van der Waals surface area contributed by atoms with Crippen molar-refractivity contribution in [3.63, 3.8) is 0 Å². The molecule has 0 fully saturated rings. The van der Waals surface area contributed by atoms with Gasteiger partial charge in [-0.15, -0.1) is 5.10 Å². The van der Waals surface area contributed by atoms with E-state index in [4.69, 9.17) is 4.42 Å². The molecule has 3 aromatic rings. The van der Waals surface area contributed by atoms with Gasteiger partial charge in [0.2, 0.25) is 0 Å². The van der Waals surface area contributed by atoms with E-state index < -0.39 is 5.76 Å². The number of nitrogens with one attached hydrogen (secondary N) is 1. The van der Waals surface area contributed by atoms with Crippen LogP contribution in [0.1, 0.15) is 0 Å². The Hall–Kier alpha value is -2.50. The average Bonchev–Trinajstić information content (AvgIpc) is 2.75. The van der Waals surface area contributed by atoms with Crippen LogP contribution in [0.25, 0.3) is 22.5 Å². The number of fused-ring (bicyclic) bond motifs is 1. The van der Waals surface area contributed by atoms with E-state index in [2.05, 4.69) is 20.2 Å². The third-order valence-electron chi connectivity index (χ3n) is 2.17. The van der Waals surface area contributed by atoms with Crippen molar-refractivity contribution in [1.82, 2.24) is 20.2 Å². The molecular formula is C10H6N4O2. The molecule has 0 radical (unpaired) electrons. The molecule has 0 aliphatic heterocycles. The lowest BCUT2D eigenvalue weighted by Crippen LogP contribution is -1.93. The Kier molecular flexibility index (Phi) is 1.79. The number of nitrogens with zero attached hydrogens (tertiary/aromatic N) is 3. The molecule has 0 spiro atoms. The first-order valence-electron chi connectivity index (χ1n) is 4.60. The summed E-state index contributed by atoms with van der Waals surface area (Å²) < 4.78 is 4.89. The molecule has 0 bridgehead atoms. The number of H-pyrrole nitrogens is 1. The second-order valence-corrected chi connectivity index (χ2v) is 3.15. The minimum Gasteiger partial charge on any atom is -0.388 e. The smallest absolute Gasteiger partial charge is 0.388 e. The number of para-hydroxylation sites is 1. The van der Waals surface area contributed by atoms with E-state index in [1.807, 2.05) is 6.07 Å². The van der Waals surface area contributed by atoms with Crippen LogP contribution >= 0.6 is 0 Å². The lowest BCUT2D eigenvalue weighted by Gasteiger charge is -1.99. The van der Waals surface area contributed by atoms with Crippen molar-refractivity contribution in [1.29, 1.82) is 0 Å². The van der Waals surface area contributed by atoms with Crippen LogP contribution in [0.4, 0.5) is 0 Å². The minimum atomic E-state index is -0.587. The quantitative estimate of drug-likeness (QED) is 0.652. The largest absolute Gasteiger partial charge is 0.434 e. The van der Waals surface area contributed by atoms with Gasteiger partial charge in [0.05, 0.1) is 11.1 Å². The zero-order chi connectivity index (χ0) is 11.0. The molecule has 0 saturated carbocycles. The van der Waals surface area contributed by atoms with Gasteiger partial charge in [0.15, 0.2) is 0 Å². The second kappa shape index (κ2) is 3.27. The molecular weight excluding hydrogens is 208 g/mol. The fourth-order valence-corrected chi connectivity index (χ4v) is 1.51. The highest BCUT2D eigenvalue weighted by Gasteiger charge is 2.10. The zero-order valence-corrected chi connectivity index (χ0v) is 8.04. The average molecular weight is 214 g/mol. The Morgan fingerprint density at radius 3 is 2.88 bits per heavy atom. The van der Waals surface area contributed by atoms with E-state index in [-0.39, 0.29) is 5.89 Å². The van der Waals surface area contributed by atoms with E-state index >= 15 is 0 Å². The fourth-order valence-electron chi connectivity index (χ4n) is 1.51. The Morgan fingerprint density at radius 2 is 2.06 bits per heavy atom. The van der Waals surface area contributed by atoms with Gasteiger partial charge in [0, 0.05) is 12.4 Å². The predicted molar refractivity (Wildman–Crippen MR) is 55.7 cm³/mol. The van der Waals surface area contributed by atoms with Gasteiger partial charge in [-0.25, -0.2) is 9.89 Å². The highest BCUT2D eigenvalue weighted by atomic mass is 16.4. The van der Waals surface area contributed by atoms with Crippen molar-refractivity contribution < 1.29 is 4.42 Å². The number of aromatic amines is 1. The number of benzene rings is 1. The van der Waals surface area contributed by atoms with Crippen LogP contribution in [0.2, 0.25) is 0 Å². The topological polar surface area (TPSA) is 84.7 Å². The first-order valence-corrected chi connectivity index (χ1v) is 4.60. The highest BCUT2D eigenvalue weighted by Crippen LogP contribution is 2.22. The van der Waals surface area contributed by atoms with E-state index in [0.717, 1.165) is 5.52 Å². The Bertz CT molecular complexity index is 696. The Morgan fingerprint density at radius 1 is 1.19 bits per heavy atom. The zero-order valence-electron chi connectivity index (χ0n) is 8.04. The normalized spacial score (nSPS) is 10.8. The summed E-state index contributed by atoms with van der Waals surface area (Å²) in [7, 11) is 0. The molecule has 1 aromatic carbocycles. The summed E-state index contributed by atoms with van der Waals surface area (Å²) in [5.41, 5.74) is 2.02. The van der Waals surface area contributed by atoms with Crippen LogP contribution in [-0.4, -0.2) is 20.2 Å². The third kappa shape index (κ3) is 1.28. The van der Waals surface area contributed by atoms with Gasteiger partial charge in [-0.3, -0.25) is 9.97 Å². The summed E-state index contributed by atoms with van der Waals surface area (Å²) in [6.45, 7) is 0. The second-order valence-electron chi connectivity index (χ2n) is 3.15. The van der Waals surface area contributed by atoms with Crippen molar-refractivity contribution >= 4 is 11.0 Å².